The first-order chi connectivity index (χ1) is 8.09. The molecule has 2 aromatic rings. The molecule has 0 aromatic heterocycles. The van der Waals surface area contributed by atoms with E-state index in [0.29, 0.717) is 22.7 Å². The van der Waals surface area contributed by atoms with Gasteiger partial charge in [0.2, 0.25) is 0 Å². The van der Waals surface area contributed by atoms with Crippen LogP contribution in [0.4, 0.5) is 10.1 Å². The molecule has 0 atom stereocenters. The van der Waals surface area contributed by atoms with Gasteiger partial charge in [0.1, 0.15) is 5.82 Å². The summed E-state index contributed by atoms with van der Waals surface area (Å²) in [7, 11) is 0. The summed E-state index contributed by atoms with van der Waals surface area (Å²) in [6.45, 7) is 0. The maximum atomic E-state index is 13.5. The second kappa shape index (κ2) is 5.07. The molecule has 2 N–H and O–H groups in total. The lowest BCUT2D eigenvalue weighted by atomic mass is 10.0. The predicted octanol–water partition coefficient (Wildman–Crippen LogP) is 4.41. The van der Waals surface area contributed by atoms with Crippen molar-refractivity contribution in [2.75, 3.05) is 5.73 Å². The minimum Gasteiger partial charge on any atom is -0.398 e. The number of benzene rings is 2. The van der Waals surface area contributed by atoms with Gasteiger partial charge in [-0.2, -0.15) is 0 Å². The van der Waals surface area contributed by atoms with Crippen LogP contribution in [0.15, 0.2) is 40.9 Å². The van der Waals surface area contributed by atoms with Crippen molar-refractivity contribution in [3.05, 3.63) is 62.8 Å². The summed E-state index contributed by atoms with van der Waals surface area (Å²) in [4.78, 5) is 0. The Morgan fingerprint density at radius 3 is 2.59 bits per heavy atom. The van der Waals surface area contributed by atoms with Gasteiger partial charge in [-0.3, -0.25) is 0 Å². The van der Waals surface area contributed by atoms with E-state index in [0.717, 1.165) is 10.0 Å². The van der Waals surface area contributed by atoms with Gasteiger partial charge in [0.15, 0.2) is 0 Å². The summed E-state index contributed by atoms with van der Waals surface area (Å²) in [5, 5.41) is 0.550. The topological polar surface area (TPSA) is 26.0 Å². The molecule has 0 aliphatic carbocycles. The molecular formula is C13H10BrClFN. The normalized spacial score (nSPS) is 10.5. The highest BCUT2D eigenvalue weighted by Crippen LogP contribution is 2.31. The van der Waals surface area contributed by atoms with Crippen molar-refractivity contribution in [2.45, 2.75) is 6.42 Å². The van der Waals surface area contributed by atoms with E-state index in [1.54, 1.807) is 30.3 Å². The van der Waals surface area contributed by atoms with Crippen LogP contribution in [0.3, 0.4) is 0 Å². The lowest BCUT2D eigenvalue weighted by Crippen LogP contribution is -1.99. The number of nitrogens with two attached hydrogens (primary N) is 1. The number of hydrogen-bond acceptors (Lipinski definition) is 1. The summed E-state index contributed by atoms with van der Waals surface area (Å²) in [6.07, 6.45) is 0.386. The van der Waals surface area contributed by atoms with Crippen LogP contribution < -0.4 is 5.73 Å². The van der Waals surface area contributed by atoms with E-state index in [2.05, 4.69) is 15.9 Å². The lowest BCUT2D eigenvalue weighted by Gasteiger charge is -2.10. The molecule has 0 aliphatic heterocycles. The predicted molar refractivity (Wildman–Crippen MR) is 72.8 cm³/mol. The van der Waals surface area contributed by atoms with E-state index in [-0.39, 0.29) is 5.82 Å². The molecule has 1 nitrogen and oxygen atoms in total. The van der Waals surface area contributed by atoms with Crippen LogP contribution >= 0.6 is 27.5 Å². The van der Waals surface area contributed by atoms with Crippen molar-refractivity contribution in [1.29, 1.82) is 0 Å². The molecule has 0 saturated heterocycles. The van der Waals surface area contributed by atoms with Crippen molar-refractivity contribution >= 4 is 33.2 Å². The highest BCUT2D eigenvalue weighted by molar-refractivity contribution is 9.10. The van der Waals surface area contributed by atoms with Gasteiger partial charge in [-0.25, -0.2) is 4.39 Å². The van der Waals surface area contributed by atoms with Crippen molar-refractivity contribution in [1.82, 2.24) is 0 Å². The van der Waals surface area contributed by atoms with Crippen LogP contribution in [0, 0.1) is 5.82 Å². The first-order valence-electron chi connectivity index (χ1n) is 5.05. The summed E-state index contributed by atoms with van der Waals surface area (Å²) < 4.78 is 14.3. The molecule has 0 saturated carbocycles. The molecule has 4 heteroatoms. The molecule has 0 heterocycles. The second-order valence-corrected chi connectivity index (χ2v) is 4.95. The zero-order valence-electron chi connectivity index (χ0n) is 8.88. The third-order valence-corrected chi connectivity index (χ3v) is 3.62. The zero-order chi connectivity index (χ0) is 12.4. The quantitative estimate of drug-likeness (QED) is 0.816. The average Bonchev–Trinajstić information content (AvgIpc) is 2.32. The van der Waals surface area contributed by atoms with E-state index in [1.807, 2.05) is 0 Å². The van der Waals surface area contributed by atoms with Crippen LogP contribution in [0.2, 0.25) is 5.02 Å². The Kier molecular flexibility index (Phi) is 3.69. The zero-order valence-corrected chi connectivity index (χ0v) is 11.2. The van der Waals surface area contributed by atoms with Gasteiger partial charge in [-0.05, 0) is 45.3 Å². The molecule has 0 aliphatic rings. The number of halogens is 3. The van der Waals surface area contributed by atoms with Gasteiger partial charge >= 0.3 is 0 Å². The van der Waals surface area contributed by atoms with E-state index in [9.17, 15) is 4.39 Å². The lowest BCUT2D eigenvalue weighted by molar-refractivity contribution is 0.614. The molecule has 0 spiro atoms. The van der Waals surface area contributed by atoms with Crippen LogP contribution in [0.5, 0.6) is 0 Å². The van der Waals surface area contributed by atoms with E-state index < -0.39 is 0 Å². The van der Waals surface area contributed by atoms with Crippen LogP contribution in [0.1, 0.15) is 11.1 Å². The fourth-order valence-electron chi connectivity index (χ4n) is 1.62. The molecule has 2 aromatic carbocycles. The Morgan fingerprint density at radius 2 is 1.88 bits per heavy atom. The molecule has 0 bridgehead atoms. The van der Waals surface area contributed by atoms with Gasteiger partial charge in [-0.1, -0.05) is 29.8 Å². The summed E-state index contributed by atoms with van der Waals surface area (Å²) in [6, 6.07) is 10.1. The van der Waals surface area contributed by atoms with Crippen molar-refractivity contribution < 1.29 is 4.39 Å². The number of nitrogen functional groups attached to an aromatic ring is 1. The second-order valence-electron chi connectivity index (χ2n) is 3.69. The minimum atomic E-state index is -0.247. The third-order valence-electron chi connectivity index (χ3n) is 2.57. The largest absolute Gasteiger partial charge is 0.398 e. The number of hydrogen-bond donors (Lipinski definition) is 1. The van der Waals surface area contributed by atoms with Crippen LogP contribution in [0.25, 0.3) is 0 Å². The molecular weight excluding hydrogens is 305 g/mol. The SMILES string of the molecule is Nc1c(Br)ccc(Cl)c1Cc1ccccc1F. The molecule has 0 amide bonds. The van der Waals surface area contributed by atoms with Gasteiger partial charge in [-0.15, -0.1) is 0 Å². The fraction of sp³-hybridized carbons (Fsp3) is 0.0769. The Bertz CT molecular complexity index is 557. The molecule has 0 fully saturated rings. The van der Waals surface area contributed by atoms with E-state index in [1.165, 1.54) is 6.07 Å². The Labute approximate surface area is 113 Å². The van der Waals surface area contributed by atoms with Gasteiger partial charge in [0.05, 0.1) is 5.69 Å². The molecule has 2 rings (SSSR count). The molecule has 88 valence electrons. The summed E-state index contributed by atoms with van der Waals surface area (Å²) >= 11 is 9.42. The van der Waals surface area contributed by atoms with Gasteiger partial charge in [0, 0.05) is 15.9 Å². The minimum absolute atomic E-state index is 0.247. The smallest absolute Gasteiger partial charge is 0.126 e. The first kappa shape index (κ1) is 12.4. The Balaban J connectivity index is 2.43. The fourth-order valence-corrected chi connectivity index (χ4v) is 2.22. The van der Waals surface area contributed by atoms with E-state index >= 15 is 0 Å². The number of anilines is 1. The summed E-state index contributed by atoms with van der Waals surface area (Å²) in [5.74, 6) is -0.247. The highest BCUT2D eigenvalue weighted by atomic mass is 79.9. The molecule has 17 heavy (non-hydrogen) atoms. The summed E-state index contributed by atoms with van der Waals surface area (Å²) in [5.41, 5.74) is 7.81. The van der Waals surface area contributed by atoms with Crippen LogP contribution in [-0.2, 0) is 6.42 Å². The highest BCUT2D eigenvalue weighted by Gasteiger charge is 2.11. The first-order valence-corrected chi connectivity index (χ1v) is 6.22. The third kappa shape index (κ3) is 2.61. The van der Waals surface area contributed by atoms with Gasteiger partial charge in [0.25, 0.3) is 0 Å². The number of rotatable bonds is 2. The maximum Gasteiger partial charge on any atom is 0.126 e. The van der Waals surface area contributed by atoms with Crippen molar-refractivity contribution in [3.63, 3.8) is 0 Å². The Morgan fingerprint density at radius 1 is 1.18 bits per heavy atom. The Hall–Kier alpha value is -1.06. The monoisotopic (exact) mass is 313 g/mol. The average molecular weight is 315 g/mol. The van der Waals surface area contributed by atoms with Crippen molar-refractivity contribution in [2.24, 2.45) is 0 Å². The molecule has 0 unspecified atom stereocenters. The van der Waals surface area contributed by atoms with E-state index in [4.69, 9.17) is 17.3 Å². The molecule has 0 radical (unpaired) electrons. The van der Waals surface area contributed by atoms with Gasteiger partial charge < -0.3 is 5.73 Å². The maximum absolute atomic E-state index is 13.5. The van der Waals surface area contributed by atoms with Crippen LogP contribution in [-0.4, -0.2) is 0 Å². The van der Waals surface area contributed by atoms with Crippen molar-refractivity contribution in [3.8, 4) is 0 Å². The standard InChI is InChI=1S/C13H10BrClFN/c14-10-5-6-11(15)9(13(10)17)7-8-3-1-2-4-12(8)16/h1-6H,7,17H2.